The van der Waals surface area contributed by atoms with Crippen LogP contribution in [0.15, 0.2) is 19.0 Å². The van der Waals surface area contributed by atoms with E-state index in [-0.39, 0.29) is 0 Å². The first kappa shape index (κ1) is 9.51. The summed E-state index contributed by atoms with van der Waals surface area (Å²) in [7, 11) is 0. The number of aliphatic carboxylic acids is 1. The van der Waals surface area contributed by atoms with Crippen molar-refractivity contribution in [3.63, 3.8) is 0 Å². The molecule has 4 nitrogen and oxygen atoms in total. The Morgan fingerprint density at radius 3 is 3.08 bits per heavy atom. The van der Waals surface area contributed by atoms with Gasteiger partial charge in [0.25, 0.3) is 0 Å². The van der Waals surface area contributed by atoms with E-state index in [0.29, 0.717) is 12.2 Å². The molecule has 0 saturated heterocycles. The van der Waals surface area contributed by atoms with Crippen molar-refractivity contribution < 1.29 is 9.90 Å². The minimum atomic E-state index is -0.850. The lowest BCUT2D eigenvalue weighted by Crippen LogP contribution is -2.14. The number of aromatic nitrogens is 2. The van der Waals surface area contributed by atoms with Crippen molar-refractivity contribution in [1.29, 1.82) is 0 Å². The Kier molecular flexibility index (Phi) is 2.84. The topological polar surface area (TPSA) is 55.1 Å². The Morgan fingerprint density at radius 1 is 1.92 bits per heavy atom. The predicted molar refractivity (Wildman–Crippen MR) is 49.3 cm³/mol. The number of nitrogens with zero attached hydrogens (tertiary/aromatic N) is 2. The second kappa shape index (κ2) is 3.89. The molecule has 1 heterocycles. The van der Waals surface area contributed by atoms with Crippen molar-refractivity contribution >= 4 is 12.2 Å². The minimum absolute atomic E-state index is 0.528. The highest BCUT2D eigenvalue weighted by atomic mass is 16.4. The van der Waals surface area contributed by atoms with Crippen LogP contribution in [-0.2, 0) is 4.79 Å². The number of carboxylic acid groups (broad SMARTS) is 1. The lowest BCUT2D eigenvalue weighted by atomic mass is 10.1. The molecular weight excluding hydrogens is 168 g/mol. The van der Waals surface area contributed by atoms with Crippen molar-refractivity contribution in [1.82, 2.24) is 9.55 Å². The van der Waals surface area contributed by atoms with E-state index in [1.165, 1.54) is 0 Å². The fourth-order valence-corrected chi connectivity index (χ4v) is 1.22. The van der Waals surface area contributed by atoms with Crippen LogP contribution in [0.4, 0.5) is 0 Å². The van der Waals surface area contributed by atoms with Gasteiger partial charge in [0.2, 0.25) is 0 Å². The van der Waals surface area contributed by atoms with Crippen LogP contribution in [0.25, 0.3) is 6.20 Å². The molecule has 1 unspecified atom stereocenters. The molecule has 1 rings (SSSR count). The van der Waals surface area contributed by atoms with Gasteiger partial charge in [-0.25, -0.2) is 4.98 Å². The van der Waals surface area contributed by atoms with Crippen LogP contribution in [0.1, 0.15) is 25.1 Å². The van der Waals surface area contributed by atoms with Gasteiger partial charge in [0.15, 0.2) is 0 Å². The molecule has 1 aromatic rings. The first-order chi connectivity index (χ1) is 6.20. The van der Waals surface area contributed by atoms with Crippen LogP contribution in [0, 0.1) is 0 Å². The zero-order valence-corrected chi connectivity index (χ0v) is 7.47. The number of rotatable bonds is 4. The number of carboxylic acids is 1. The van der Waals surface area contributed by atoms with Gasteiger partial charge in [-0.05, 0) is 6.42 Å². The monoisotopic (exact) mass is 180 g/mol. The van der Waals surface area contributed by atoms with Crippen LogP contribution >= 0.6 is 0 Å². The van der Waals surface area contributed by atoms with E-state index < -0.39 is 11.9 Å². The van der Waals surface area contributed by atoms with Crippen molar-refractivity contribution in [2.45, 2.75) is 19.3 Å². The maximum atomic E-state index is 10.8. The molecule has 1 aromatic heterocycles. The molecule has 70 valence electrons. The average molecular weight is 180 g/mol. The van der Waals surface area contributed by atoms with Crippen molar-refractivity contribution in [2.75, 3.05) is 0 Å². The molecule has 1 N–H and O–H groups in total. The highest BCUT2D eigenvalue weighted by molar-refractivity contribution is 5.75. The minimum Gasteiger partial charge on any atom is -0.481 e. The molecule has 0 aliphatic carbocycles. The Bertz CT molecular complexity index is 317. The smallest absolute Gasteiger partial charge is 0.314 e. The summed E-state index contributed by atoms with van der Waals surface area (Å²) in [6.45, 7) is 5.39. The van der Waals surface area contributed by atoms with E-state index >= 15 is 0 Å². The van der Waals surface area contributed by atoms with E-state index in [0.717, 1.165) is 0 Å². The van der Waals surface area contributed by atoms with Gasteiger partial charge in [0, 0.05) is 18.6 Å². The second-order valence-electron chi connectivity index (χ2n) is 2.67. The van der Waals surface area contributed by atoms with Gasteiger partial charge < -0.3 is 9.67 Å². The van der Waals surface area contributed by atoms with Crippen molar-refractivity contribution in [3.05, 3.63) is 24.8 Å². The molecule has 0 spiro atoms. The summed E-state index contributed by atoms with van der Waals surface area (Å²) in [6.07, 6.45) is 5.34. The van der Waals surface area contributed by atoms with E-state index in [4.69, 9.17) is 5.11 Å². The quantitative estimate of drug-likeness (QED) is 0.765. The highest BCUT2D eigenvalue weighted by Crippen LogP contribution is 2.17. The number of carbonyl (C=O) groups is 1. The first-order valence-corrected chi connectivity index (χ1v) is 4.08. The maximum absolute atomic E-state index is 10.8. The van der Waals surface area contributed by atoms with Gasteiger partial charge in [-0.1, -0.05) is 13.5 Å². The van der Waals surface area contributed by atoms with Gasteiger partial charge in [-0.2, -0.15) is 0 Å². The Morgan fingerprint density at radius 2 is 2.62 bits per heavy atom. The van der Waals surface area contributed by atoms with Crippen molar-refractivity contribution in [2.24, 2.45) is 0 Å². The molecule has 0 amide bonds. The Labute approximate surface area is 76.5 Å². The van der Waals surface area contributed by atoms with E-state index in [2.05, 4.69) is 11.6 Å². The predicted octanol–water partition coefficient (Wildman–Crippen LogP) is 1.56. The van der Waals surface area contributed by atoms with Gasteiger partial charge in [0.05, 0.1) is 0 Å². The highest BCUT2D eigenvalue weighted by Gasteiger charge is 2.21. The third-order valence-corrected chi connectivity index (χ3v) is 1.91. The van der Waals surface area contributed by atoms with E-state index in [9.17, 15) is 4.79 Å². The molecule has 0 radical (unpaired) electrons. The molecule has 13 heavy (non-hydrogen) atoms. The maximum Gasteiger partial charge on any atom is 0.314 e. The Balaban J connectivity index is 3.03. The summed E-state index contributed by atoms with van der Waals surface area (Å²) in [6, 6.07) is 0. The molecule has 0 aliphatic heterocycles. The zero-order valence-electron chi connectivity index (χ0n) is 7.47. The summed E-state index contributed by atoms with van der Waals surface area (Å²) < 4.78 is 1.63. The Hall–Kier alpha value is -1.58. The third-order valence-electron chi connectivity index (χ3n) is 1.91. The van der Waals surface area contributed by atoms with Crippen LogP contribution in [0.3, 0.4) is 0 Å². The van der Waals surface area contributed by atoms with Crippen LogP contribution in [-0.4, -0.2) is 20.6 Å². The summed E-state index contributed by atoms with van der Waals surface area (Å²) in [5, 5.41) is 8.88. The molecule has 1 atom stereocenters. The summed E-state index contributed by atoms with van der Waals surface area (Å²) in [5.74, 6) is -0.866. The lowest BCUT2D eigenvalue weighted by molar-refractivity contribution is -0.139. The fraction of sp³-hybridized carbons (Fsp3) is 0.333. The van der Waals surface area contributed by atoms with Gasteiger partial charge in [-0.15, -0.1) is 0 Å². The van der Waals surface area contributed by atoms with Crippen LogP contribution < -0.4 is 0 Å². The number of hydrogen-bond acceptors (Lipinski definition) is 2. The van der Waals surface area contributed by atoms with Crippen LogP contribution in [0.2, 0.25) is 0 Å². The van der Waals surface area contributed by atoms with Gasteiger partial charge >= 0.3 is 5.97 Å². The standard InChI is InChI=1S/C9H12N2O2/c1-3-7(9(12)13)8-10-5-6-11(8)4-2/h4-7H,2-3H2,1H3,(H,12,13). The van der Waals surface area contributed by atoms with E-state index in [1.54, 1.807) is 23.2 Å². The molecule has 4 heteroatoms. The first-order valence-electron chi connectivity index (χ1n) is 4.08. The summed E-state index contributed by atoms with van der Waals surface area (Å²) in [5.41, 5.74) is 0. The number of imidazole rings is 1. The van der Waals surface area contributed by atoms with Crippen LogP contribution in [0.5, 0.6) is 0 Å². The second-order valence-corrected chi connectivity index (χ2v) is 2.67. The zero-order chi connectivity index (χ0) is 9.84. The van der Waals surface area contributed by atoms with Crippen molar-refractivity contribution in [3.8, 4) is 0 Å². The SMILES string of the molecule is C=Cn1ccnc1C(CC)C(=O)O. The largest absolute Gasteiger partial charge is 0.481 e. The molecule has 0 aromatic carbocycles. The lowest BCUT2D eigenvalue weighted by Gasteiger charge is -2.08. The molecule has 0 aliphatic rings. The normalized spacial score (nSPS) is 12.4. The van der Waals surface area contributed by atoms with Gasteiger partial charge in [0.1, 0.15) is 11.7 Å². The molecular formula is C9H12N2O2. The fourth-order valence-electron chi connectivity index (χ4n) is 1.22. The van der Waals surface area contributed by atoms with Gasteiger partial charge in [-0.3, -0.25) is 4.79 Å². The third kappa shape index (κ3) is 1.77. The molecule has 0 bridgehead atoms. The summed E-state index contributed by atoms with van der Waals surface area (Å²) in [4.78, 5) is 14.8. The van der Waals surface area contributed by atoms with E-state index in [1.807, 2.05) is 6.92 Å². The molecule has 0 fully saturated rings. The average Bonchev–Trinajstić information content (AvgIpc) is 2.53. The number of hydrogen-bond donors (Lipinski definition) is 1. The molecule has 0 saturated carbocycles. The summed E-state index contributed by atoms with van der Waals surface area (Å²) >= 11 is 0.